The van der Waals surface area contributed by atoms with E-state index < -0.39 is 24.1 Å². The summed E-state index contributed by atoms with van der Waals surface area (Å²) in [5.74, 6) is -1.81. The maximum Gasteiger partial charge on any atom is 0.352 e. The molecule has 2 rings (SSSR count). The average molecular weight is 1110 g/mol. The van der Waals surface area contributed by atoms with Crippen LogP contribution in [0.5, 0.6) is 0 Å². The second kappa shape index (κ2) is 50.4. The molecule has 0 aliphatic carbocycles. The van der Waals surface area contributed by atoms with Crippen LogP contribution in [0.1, 0.15) is 258 Å². The van der Waals surface area contributed by atoms with Gasteiger partial charge in [0.25, 0.3) is 10.3 Å². The Morgan fingerprint density at radius 1 is 0.382 bits per heavy atom. The van der Waals surface area contributed by atoms with Crippen molar-refractivity contribution in [2.24, 2.45) is 0 Å². The zero-order valence-electron chi connectivity index (χ0n) is 48.3. The number of nitrogens with zero attached hydrogens (tertiary/aromatic N) is 2. The molecule has 2 heterocycles. The number of ether oxygens (including phenoxy) is 6. The molecule has 0 spiro atoms. The Hall–Kier alpha value is -2.82. The second-order valence-corrected chi connectivity index (χ2v) is 22.2. The molecule has 0 aromatic heterocycles. The van der Waals surface area contributed by atoms with Crippen LogP contribution in [0.4, 0.5) is 0 Å². The van der Waals surface area contributed by atoms with Gasteiger partial charge in [0.05, 0.1) is 26.4 Å². The third-order valence-corrected chi connectivity index (χ3v) is 15.0. The van der Waals surface area contributed by atoms with Gasteiger partial charge in [-0.25, -0.2) is 9.59 Å². The third kappa shape index (κ3) is 40.4. The molecule has 2 unspecified atom stereocenters. The van der Waals surface area contributed by atoms with Crippen molar-refractivity contribution >= 4 is 58.7 Å². The maximum absolute atomic E-state index is 14.0. The van der Waals surface area contributed by atoms with Gasteiger partial charge in [-0.1, -0.05) is 168 Å². The lowest BCUT2D eigenvalue weighted by atomic mass is 10.1. The van der Waals surface area contributed by atoms with Crippen molar-refractivity contribution < 1.29 is 47.6 Å². The zero-order valence-corrected chi connectivity index (χ0v) is 49.9. The zero-order chi connectivity index (χ0) is 54.8. The van der Waals surface area contributed by atoms with E-state index in [1.807, 2.05) is 0 Å². The molecule has 2 N–H and O–H groups in total. The Kier molecular flexibility index (Phi) is 46.0. The van der Waals surface area contributed by atoms with E-state index in [-0.39, 0.29) is 35.5 Å². The lowest BCUT2D eigenvalue weighted by Crippen LogP contribution is -2.50. The number of nitrogens with one attached hydrogen (secondary N) is 2. The molecule has 0 amide bonds. The SMILES string of the molecule is CCCCCCCCCCCC(=O)OCCCCCCCOC(=O)C(OC(=S)NCCCN1CCCCC1)C(OC(=S)NCCCN1CCCCC1)C(=O)OCCCCCCCOC(=O)CCCCCCCCCCC. The molecule has 0 radical (unpaired) electrons. The van der Waals surface area contributed by atoms with E-state index >= 15 is 0 Å². The standard InChI is InChI=1S/C60H110N4O10S2/c1-3-5-7-9-11-13-15-19-27-39-53(65)69-49-33-21-17-23-35-51-71-57(67)55(73-59(75)61-41-37-47-63-43-29-25-30-44-63)56(74-60(76)62-42-38-48-64-45-31-26-32-46-64)58(68)72-52-36-24-18-22-34-50-70-54(66)40-28-20-16-14-12-10-8-6-4-2/h55-56H,3-52H2,1-2H3,(H,61,75)(H,62,76). The number of piperidine rings is 2. The molecular weight excluding hydrogens is 1000 g/mol. The van der Waals surface area contributed by atoms with E-state index in [1.54, 1.807) is 0 Å². The first-order valence-corrected chi connectivity index (χ1v) is 32.0. The number of hydrogen-bond donors (Lipinski definition) is 2. The minimum atomic E-state index is -1.57. The fraction of sp³-hybridized carbons (Fsp3) is 0.900. The minimum Gasteiger partial charge on any atom is -0.466 e. The highest BCUT2D eigenvalue weighted by Gasteiger charge is 2.42. The third-order valence-electron chi connectivity index (χ3n) is 14.5. The van der Waals surface area contributed by atoms with Crippen molar-refractivity contribution in [2.75, 3.05) is 78.8 Å². The van der Waals surface area contributed by atoms with Gasteiger partial charge < -0.3 is 48.9 Å². The molecule has 76 heavy (non-hydrogen) atoms. The first-order valence-electron chi connectivity index (χ1n) is 31.2. The Balaban J connectivity index is 1.87. The van der Waals surface area contributed by atoms with Crippen LogP contribution < -0.4 is 10.6 Å². The molecule has 0 bridgehead atoms. The van der Waals surface area contributed by atoms with Crippen LogP contribution >= 0.6 is 24.4 Å². The van der Waals surface area contributed by atoms with E-state index in [0.717, 1.165) is 129 Å². The summed E-state index contributed by atoms with van der Waals surface area (Å²) in [6.07, 6.45) is 36.6. The number of rotatable bonds is 49. The van der Waals surface area contributed by atoms with Crippen molar-refractivity contribution in [1.82, 2.24) is 20.4 Å². The highest BCUT2D eigenvalue weighted by Crippen LogP contribution is 2.17. The van der Waals surface area contributed by atoms with E-state index in [0.29, 0.717) is 52.0 Å². The summed E-state index contributed by atoms with van der Waals surface area (Å²) in [4.78, 5) is 57.3. The number of esters is 4. The molecule has 0 saturated carbocycles. The topological polar surface area (TPSA) is 154 Å². The number of thiocarbonyl (C=S) groups is 2. The lowest BCUT2D eigenvalue weighted by molar-refractivity contribution is -0.170. The van der Waals surface area contributed by atoms with Crippen LogP contribution in [0.2, 0.25) is 0 Å². The van der Waals surface area contributed by atoms with Crippen LogP contribution in [0, 0.1) is 0 Å². The number of unbranched alkanes of at least 4 members (excludes halogenated alkanes) is 24. The molecule has 0 aromatic carbocycles. The largest absolute Gasteiger partial charge is 0.466 e. The predicted molar refractivity (Wildman–Crippen MR) is 314 cm³/mol. The van der Waals surface area contributed by atoms with Crippen LogP contribution in [0.3, 0.4) is 0 Å². The number of likely N-dealkylation sites (tertiary alicyclic amines) is 2. The van der Waals surface area contributed by atoms with Gasteiger partial charge >= 0.3 is 23.9 Å². The quantitative estimate of drug-likeness (QED) is 0.0257. The summed E-state index contributed by atoms with van der Waals surface area (Å²) in [7, 11) is 0. The molecular formula is C60H110N4O10S2. The normalized spacial score (nSPS) is 14.8. The van der Waals surface area contributed by atoms with Gasteiger partial charge in [0, 0.05) is 25.9 Å². The Morgan fingerprint density at radius 2 is 0.671 bits per heavy atom. The molecule has 2 aliphatic heterocycles. The van der Waals surface area contributed by atoms with Gasteiger partial charge in [-0.15, -0.1) is 0 Å². The molecule has 2 fully saturated rings. The molecule has 2 aliphatic rings. The molecule has 2 atom stereocenters. The first kappa shape index (κ1) is 69.3. The fourth-order valence-electron chi connectivity index (χ4n) is 9.79. The molecule has 442 valence electrons. The molecule has 2 saturated heterocycles. The van der Waals surface area contributed by atoms with Crippen LogP contribution in [-0.4, -0.2) is 135 Å². The van der Waals surface area contributed by atoms with Crippen molar-refractivity contribution in [3.8, 4) is 0 Å². The molecule has 16 heteroatoms. The van der Waals surface area contributed by atoms with E-state index in [9.17, 15) is 19.2 Å². The summed E-state index contributed by atoms with van der Waals surface area (Å²) >= 11 is 11.2. The van der Waals surface area contributed by atoms with Gasteiger partial charge in [0.1, 0.15) is 0 Å². The Labute approximate surface area is 473 Å². The highest BCUT2D eigenvalue weighted by atomic mass is 32.1. The van der Waals surface area contributed by atoms with Crippen molar-refractivity contribution in [1.29, 1.82) is 0 Å². The Bertz CT molecular complexity index is 1360. The second-order valence-electron chi connectivity index (χ2n) is 21.5. The van der Waals surface area contributed by atoms with Gasteiger partial charge in [-0.2, -0.15) is 0 Å². The monoisotopic (exact) mass is 1110 g/mol. The summed E-state index contributed by atoms with van der Waals surface area (Å²) in [5.41, 5.74) is 0. The molecule has 14 nitrogen and oxygen atoms in total. The van der Waals surface area contributed by atoms with E-state index in [2.05, 4.69) is 34.3 Å². The van der Waals surface area contributed by atoms with Crippen LogP contribution in [0.25, 0.3) is 0 Å². The van der Waals surface area contributed by atoms with Gasteiger partial charge in [0.2, 0.25) is 12.2 Å². The van der Waals surface area contributed by atoms with Gasteiger partial charge in [0.15, 0.2) is 0 Å². The van der Waals surface area contributed by atoms with E-state index in [4.69, 9.17) is 52.9 Å². The van der Waals surface area contributed by atoms with Crippen molar-refractivity contribution in [2.45, 2.75) is 270 Å². The van der Waals surface area contributed by atoms with Gasteiger partial charge in [-0.05, 0) is 141 Å². The fourth-order valence-corrected chi connectivity index (χ4v) is 10.2. The van der Waals surface area contributed by atoms with Crippen molar-refractivity contribution in [3.05, 3.63) is 0 Å². The minimum absolute atomic E-state index is 0.0366. The first-order chi connectivity index (χ1) is 37.2. The number of carbonyl (C=O) groups excluding carboxylic acids is 4. The average Bonchev–Trinajstić information content (AvgIpc) is 3.42. The summed E-state index contributed by atoms with van der Waals surface area (Å²) in [6.45, 7) is 12.8. The van der Waals surface area contributed by atoms with Crippen LogP contribution in [0.15, 0.2) is 0 Å². The smallest absolute Gasteiger partial charge is 0.352 e. The predicted octanol–water partition coefficient (Wildman–Crippen LogP) is 13.2. The summed E-state index contributed by atoms with van der Waals surface area (Å²) < 4.78 is 34.6. The summed E-state index contributed by atoms with van der Waals surface area (Å²) in [6, 6.07) is 0. The maximum atomic E-state index is 14.0. The summed E-state index contributed by atoms with van der Waals surface area (Å²) in [5, 5.41) is 6.17. The number of carbonyl (C=O) groups is 4. The van der Waals surface area contributed by atoms with E-state index in [1.165, 1.54) is 128 Å². The van der Waals surface area contributed by atoms with Gasteiger partial charge in [-0.3, -0.25) is 9.59 Å². The highest BCUT2D eigenvalue weighted by molar-refractivity contribution is 7.80. The van der Waals surface area contributed by atoms with Crippen molar-refractivity contribution in [3.63, 3.8) is 0 Å². The molecule has 0 aromatic rings. The lowest BCUT2D eigenvalue weighted by Gasteiger charge is -2.28. The number of hydrogen-bond acceptors (Lipinski definition) is 14. The Morgan fingerprint density at radius 3 is 1.00 bits per heavy atom. The van der Waals surface area contributed by atoms with Crippen LogP contribution in [-0.2, 0) is 47.6 Å².